The Morgan fingerprint density at radius 2 is 1.69 bits per heavy atom. The van der Waals surface area contributed by atoms with Gasteiger partial charge in [0.05, 0.1) is 12.8 Å². The first kappa shape index (κ1) is 20.4. The molecule has 4 aliphatic carbocycles. The largest absolute Gasteiger partial charge is 0.496 e. The van der Waals surface area contributed by atoms with Crippen LogP contribution in [-0.4, -0.2) is 18.6 Å². The second-order valence-electron chi connectivity index (χ2n) is 10.9. The summed E-state index contributed by atoms with van der Waals surface area (Å²) in [4.78, 5) is 3.77. The Morgan fingerprint density at radius 1 is 0.969 bits per heavy atom. The lowest BCUT2D eigenvalue weighted by Crippen LogP contribution is -2.48. The Hall–Kier alpha value is -2.26. The van der Waals surface area contributed by atoms with Crippen LogP contribution in [0.4, 0.5) is 0 Å². The van der Waals surface area contributed by atoms with Gasteiger partial charge < -0.3 is 15.5 Å². The number of rotatable bonds is 7. The SMILES string of the molecule is COc1ccccc1-c1[nH]c2ccc(C34CC5CC(CC(C5)C3)C4)cc2c1CCCCN. The second kappa shape index (κ2) is 7.95. The van der Waals surface area contributed by atoms with Crippen molar-refractivity contribution >= 4 is 10.9 Å². The quantitative estimate of drug-likeness (QED) is 0.417. The molecule has 0 aliphatic heterocycles. The molecule has 4 aliphatic rings. The summed E-state index contributed by atoms with van der Waals surface area (Å²) in [7, 11) is 1.76. The molecule has 2 aromatic carbocycles. The molecule has 1 aromatic heterocycles. The van der Waals surface area contributed by atoms with Gasteiger partial charge in [0.1, 0.15) is 5.75 Å². The van der Waals surface area contributed by atoms with Crippen LogP contribution < -0.4 is 10.5 Å². The maximum Gasteiger partial charge on any atom is 0.128 e. The number of nitrogens with two attached hydrogens (primary N) is 1. The zero-order chi connectivity index (χ0) is 21.7. The van der Waals surface area contributed by atoms with Crippen molar-refractivity contribution in [2.45, 2.75) is 63.2 Å². The van der Waals surface area contributed by atoms with Gasteiger partial charge in [-0.05, 0) is 123 Å². The third-order valence-electron chi connectivity index (χ3n) is 8.81. The molecule has 0 amide bonds. The summed E-state index contributed by atoms with van der Waals surface area (Å²) in [6.07, 6.45) is 12.0. The molecule has 32 heavy (non-hydrogen) atoms. The van der Waals surface area contributed by atoms with E-state index in [2.05, 4.69) is 41.4 Å². The molecule has 0 unspecified atom stereocenters. The van der Waals surface area contributed by atoms with Crippen molar-refractivity contribution in [3.05, 3.63) is 53.6 Å². The molecule has 4 fully saturated rings. The number of aryl methyl sites for hydroxylation is 1. The molecule has 3 N–H and O–H groups in total. The van der Waals surface area contributed by atoms with Gasteiger partial charge in [-0.3, -0.25) is 0 Å². The van der Waals surface area contributed by atoms with Gasteiger partial charge in [-0.15, -0.1) is 0 Å². The lowest BCUT2D eigenvalue weighted by molar-refractivity contribution is -0.00513. The van der Waals surface area contributed by atoms with Gasteiger partial charge in [0.25, 0.3) is 0 Å². The average molecular weight is 429 g/mol. The number of hydrogen-bond donors (Lipinski definition) is 2. The van der Waals surface area contributed by atoms with Gasteiger partial charge in [0, 0.05) is 16.5 Å². The molecule has 0 atom stereocenters. The fraction of sp³-hybridized carbons (Fsp3) is 0.517. The Bertz CT molecular complexity index is 1090. The molecular formula is C29H36N2O. The fourth-order valence-electron chi connectivity index (χ4n) is 7.83. The number of H-pyrrole nitrogens is 1. The maximum atomic E-state index is 5.84. The summed E-state index contributed by atoms with van der Waals surface area (Å²) in [6.45, 7) is 0.755. The van der Waals surface area contributed by atoms with E-state index in [4.69, 9.17) is 10.5 Å². The van der Waals surface area contributed by atoms with Crippen LogP contribution in [0.15, 0.2) is 42.5 Å². The predicted molar refractivity (Wildman–Crippen MR) is 132 cm³/mol. The first-order chi connectivity index (χ1) is 15.7. The van der Waals surface area contributed by atoms with Crippen LogP contribution in [0.25, 0.3) is 22.2 Å². The number of nitrogens with one attached hydrogen (secondary N) is 1. The molecule has 0 spiro atoms. The summed E-state index contributed by atoms with van der Waals surface area (Å²) in [6, 6.07) is 15.8. The van der Waals surface area contributed by atoms with Crippen LogP contribution in [-0.2, 0) is 11.8 Å². The van der Waals surface area contributed by atoms with E-state index in [9.17, 15) is 0 Å². The standard InChI is InChI=1S/C29H36N2O/c1-32-27-8-3-2-7-24(27)28-23(6-4-5-11-30)25-15-22(9-10-26(25)31-28)29-16-19-12-20(17-29)14-21(13-19)18-29/h2-3,7-10,15,19-21,31H,4-6,11-14,16-18,30H2,1H3. The van der Waals surface area contributed by atoms with Gasteiger partial charge in [-0.2, -0.15) is 0 Å². The molecule has 3 aromatic rings. The predicted octanol–water partition coefficient (Wildman–Crippen LogP) is 6.59. The van der Waals surface area contributed by atoms with Crippen LogP contribution >= 0.6 is 0 Å². The molecule has 7 rings (SSSR count). The monoisotopic (exact) mass is 428 g/mol. The zero-order valence-electron chi connectivity index (χ0n) is 19.3. The molecule has 4 saturated carbocycles. The average Bonchev–Trinajstić information content (AvgIpc) is 3.16. The highest BCUT2D eigenvalue weighted by Gasteiger charge is 2.51. The Balaban J connectivity index is 1.47. The van der Waals surface area contributed by atoms with E-state index in [1.807, 2.05) is 6.07 Å². The minimum Gasteiger partial charge on any atom is -0.496 e. The van der Waals surface area contributed by atoms with Crippen LogP contribution in [0.3, 0.4) is 0 Å². The molecule has 0 saturated heterocycles. The number of hydrogen-bond acceptors (Lipinski definition) is 2. The van der Waals surface area contributed by atoms with Gasteiger partial charge in [0.15, 0.2) is 0 Å². The molecule has 3 nitrogen and oxygen atoms in total. The summed E-state index contributed by atoms with van der Waals surface area (Å²) in [5.74, 6) is 3.84. The highest BCUT2D eigenvalue weighted by Crippen LogP contribution is 2.61. The Morgan fingerprint density at radius 3 is 2.38 bits per heavy atom. The number of methoxy groups -OCH3 is 1. The van der Waals surface area contributed by atoms with Crippen LogP contribution in [0.1, 0.15) is 62.5 Å². The number of para-hydroxylation sites is 1. The van der Waals surface area contributed by atoms with E-state index in [0.29, 0.717) is 5.41 Å². The molecule has 168 valence electrons. The lowest BCUT2D eigenvalue weighted by Gasteiger charge is -2.57. The minimum atomic E-state index is 0.430. The summed E-state index contributed by atoms with van der Waals surface area (Å²) < 4.78 is 5.72. The lowest BCUT2D eigenvalue weighted by atomic mass is 9.48. The first-order valence-electron chi connectivity index (χ1n) is 12.7. The molecule has 3 heteroatoms. The maximum absolute atomic E-state index is 5.84. The van der Waals surface area contributed by atoms with Crippen molar-refractivity contribution in [3.63, 3.8) is 0 Å². The van der Waals surface area contributed by atoms with Crippen LogP contribution in [0.2, 0.25) is 0 Å². The van der Waals surface area contributed by atoms with Crippen molar-refractivity contribution in [2.75, 3.05) is 13.7 Å². The van der Waals surface area contributed by atoms with E-state index >= 15 is 0 Å². The van der Waals surface area contributed by atoms with E-state index in [0.717, 1.165) is 54.9 Å². The number of fused-ring (bicyclic) bond motifs is 1. The summed E-state index contributed by atoms with van der Waals surface area (Å²) in [5.41, 5.74) is 12.9. The smallest absolute Gasteiger partial charge is 0.128 e. The fourth-order valence-corrected chi connectivity index (χ4v) is 7.83. The van der Waals surface area contributed by atoms with Gasteiger partial charge >= 0.3 is 0 Å². The second-order valence-corrected chi connectivity index (χ2v) is 10.9. The van der Waals surface area contributed by atoms with E-state index in [-0.39, 0.29) is 0 Å². The van der Waals surface area contributed by atoms with Crippen molar-refractivity contribution < 1.29 is 4.74 Å². The van der Waals surface area contributed by atoms with Crippen LogP contribution in [0, 0.1) is 17.8 Å². The highest BCUT2D eigenvalue weighted by molar-refractivity contribution is 5.92. The first-order valence-corrected chi connectivity index (χ1v) is 12.7. The third-order valence-corrected chi connectivity index (χ3v) is 8.81. The van der Waals surface area contributed by atoms with E-state index < -0.39 is 0 Å². The minimum absolute atomic E-state index is 0.430. The topological polar surface area (TPSA) is 51.0 Å². The molecule has 1 heterocycles. The zero-order valence-corrected chi connectivity index (χ0v) is 19.3. The van der Waals surface area contributed by atoms with Crippen molar-refractivity contribution in [2.24, 2.45) is 23.5 Å². The van der Waals surface area contributed by atoms with Gasteiger partial charge in [0.2, 0.25) is 0 Å². The number of aromatic amines is 1. The number of benzene rings is 2. The van der Waals surface area contributed by atoms with Crippen molar-refractivity contribution in [1.29, 1.82) is 0 Å². The number of ether oxygens (including phenoxy) is 1. The van der Waals surface area contributed by atoms with Crippen molar-refractivity contribution in [3.8, 4) is 17.0 Å². The van der Waals surface area contributed by atoms with Gasteiger partial charge in [-0.25, -0.2) is 0 Å². The Labute approximate surface area is 191 Å². The van der Waals surface area contributed by atoms with E-state index in [1.54, 1.807) is 12.7 Å². The molecule has 0 radical (unpaired) electrons. The van der Waals surface area contributed by atoms with E-state index in [1.165, 1.54) is 60.7 Å². The number of unbranched alkanes of at least 4 members (excludes halogenated alkanes) is 1. The van der Waals surface area contributed by atoms with Gasteiger partial charge in [-0.1, -0.05) is 18.2 Å². The Kier molecular flexibility index (Phi) is 5.06. The number of aromatic nitrogens is 1. The highest BCUT2D eigenvalue weighted by atomic mass is 16.5. The normalized spacial score (nSPS) is 28.5. The summed E-state index contributed by atoms with van der Waals surface area (Å²) >= 11 is 0. The van der Waals surface area contributed by atoms with Crippen molar-refractivity contribution in [1.82, 2.24) is 4.98 Å². The third kappa shape index (κ3) is 3.28. The summed E-state index contributed by atoms with van der Waals surface area (Å²) in [5, 5.41) is 1.41. The molecular weight excluding hydrogens is 392 g/mol. The van der Waals surface area contributed by atoms with Crippen LogP contribution in [0.5, 0.6) is 5.75 Å². The molecule has 4 bridgehead atoms.